The van der Waals surface area contributed by atoms with E-state index >= 15 is 0 Å². The summed E-state index contributed by atoms with van der Waals surface area (Å²) >= 11 is 0. The van der Waals surface area contributed by atoms with Gasteiger partial charge in [-0.15, -0.1) is 0 Å². The van der Waals surface area contributed by atoms with E-state index in [1.165, 1.54) is 68.9 Å². The molecule has 0 unspecified atom stereocenters. The lowest BCUT2D eigenvalue weighted by Gasteiger charge is -2.27. The normalized spacial score (nSPS) is 17.5. The van der Waals surface area contributed by atoms with Gasteiger partial charge in [-0.2, -0.15) is 5.26 Å². The predicted molar refractivity (Wildman–Crippen MR) is 148 cm³/mol. The van der Waals surface area contributed by atoms with Gasteiger partial charge < -0.3 is 4.74 Å². The Bertz CT molecular complexity index is 964. The number of rotatable bonds is 14. The molecule has 0 N–H and O–H groups in total. The summed E-state index contributed by atoms with van der Waals surface area (Å²) in [5, 5.41) is 9.48. The van der Waals surface area contributed by atoms with Crippen molar-refractivity contribution in [3.63, 3.8) is 0 Å². The maximum atomic E-state index is 12.8. The number of ether oxygens (including phenoxy) is 1. The molecule has 1 saturated carbocycles. The van der Waals surface area contributed by atoms with Crippen molar-refractivity contribution in [2.75, 3.05) is 0 Å². The average molecular weight is 488 g/mol. The summed E-state index contributed by atoms with van der Waals surface area (Å²) in [6, 6.07) is 17.0. The zero-order valence-corrected chi connectivity index (χ0v) is 22.6. The van der Waals surface area contributed by atoms with Gasteiger partial charge in [-0.1, -0.05) is 95.5 Å². The molecule has 0 amide bonds. The second kappa shape index (κ2) is 15.5. The summed E-state index contributed by atoms with van der Waals surface area (Å²) < 4.78 is 5.68. The number of esters is 1. The molecule has 3 rings (SSSR count). The van der Waals surface area contributed by atoms with E-state index in [0.29, 0.717) is 17.2 Å². The fourth-order valence-corrected chi connectivity index (χ4v) is 5.47. The molecular weight excluding hydrogens is 442 g/mol. The number of benzene rings is 2. The van der Waals surface area contributed by atoms with Crippen molar-refractivity contribution in [3.8, 4) is 11.8 Å². The maximum absolute atomic E-state index is 12.8. The molecule has 0 spiro atoms. The predicted octanol–water partition coefficient (Wildman–Crippen LogP) is 9.07. The van der Waals surface area contributed by atoms with Crippen molar-refractivity contribution in [3.05, 3.63) is 64.7 Å². The van der Waals surface area contributed by atoms with Crippen LogP contribution in [0.5, 0.6) is 5.75 Å². The molecule has 1 fully saturated rings. The first-order valence-electron chi connectivity index (χ1n) is 14.5. The molecule has 0 atom stereocenters. The summed E-state index contributed by atoms with van der Waals surface area (Å²) in [5.74, 6) is 0.657. The van der Waals surface area contributed by atoms with Gasteiger partial charge in [-0.05, 0) is 79.7 Å². The van der Waals surface area contributed by atoms with Crippen LogP contribution in [0.1, 0.15) is 125 Å². The third-order valence-corrected chi connectivity index (χ3v) is 7.74. The first kappa shape index (κ1) is 28.0. The van der Waals surface area contributed by atoms with Crippen molar-refractivity contribution in [1.82, 2.24) is 0 Å². The Morgan fingerprint density at radius 3 is 2.08 bits per heavy atom. The van der Waals surface area contributed by atoms with Gasteiger partial charge in [0.1, 0.15) is 11.8 Å². The average Bonchev–Trinajstić information content (AvgIpc) is 2.91. The van der Waals surface area contributed by atoms with Crippen LogP contribution in [-0.4, -0.2) is 5.97 Å². The molecule has 3 heteroatoms. The molecule has 0 saturated heterocycles. The molecule has 36 heavy (non-hydrogen) atoms. The molecular formula is C33H45NO2. The summed E-state index contributed by atoms with van der Waals surface area (Å²) in [4.78, 5) is 12.8. The zero-order valence-electron chi connectivity index (χ0n) is 22.6. The van der Waals surface area contributed by atoms with Gasteiger partial charge >= 0.3 is 5.97 Å². The quantitative estimate of drug-likeness (QED) is 0.152. The minimum atomic E-state index is -0.186. The highest BCUT2D eigenvalue weighted by Crippen LogP contribution is 2.37. The van der Waals surface area contributed by atoms with E-state index < -0.39 is 0 Å². The monoisotopic (exact) mass is 487 g/mol. The number of hydrogen-bond acceptors (Lipinski definition) is 3. The highest BCUT2D eigenvalue weighted by molar-refractivity contribution is 5.76. The summed E-state index contributed by atoms with van der Waals surface area (Å²) in [6.45, 7) is 4.39. The van der Waals surface area contributed by atoms with Crippen molar-refractivity contribution in [2.45, 2.75) is 116 Å². The van der Waals surface area contributed by atoms with Gasteiger partial charge in [0.2, 0.25) is 0 Å². The molecule has 1 aliphatic rings. The summed E-state index contributed by atoms with van der Waals surface area (Å²) in [5.41, 5.74) is 4.41. The van der Waals surface area contributed by atoms with Crippen LogP contribution in [0.2, 0.25) is 0 Å². The van der Waals surface area contributed by atoms with Crippen LogP contribution in [0.4, 0.5) is 0 Å². The van der Waals surface area contributed by atoms with Crippen molar-refractivity contribution < 1.29 is 9.53 Å². The lowest BCUT2D eigenvalue weighted by molar-refractivity contribution is -0.140. The molecule has 0 aliphatic heterocycles. The standard InChI is InChI=1S/C33H45NO2/c1-3-5-6-7-8-9-10-11-13-26-14-17-28(18-15-26)29-19-21-30(22-20-29)33(35)36-32-23-16-27(12-4-2)24-31(32)25-34/h14-18,23-24,29-30H,3-13,19-22H2,1-2H3. The molecule has 0 heterocycles. The molecule has 2 aromatic rings. The van der Waals surface area contributed by atoms with E-state index in [4.69, 9.17) is 4.74 Å². The van der Waals surface area contributed by atoms with E-state index in [0.717, 1.165) is 44.1 Å². The Hall–Kier alpha value is -2.60. The molecule has 1 aliphatic carbocycles. The van der Waals surface area contributed by atoms with E-state index in [1.807, 2.05) is 12.1 Å². The molecule has 0 radical (unpaired) electrons. The van der Waals surface area contributed by atoms with Crippen molar-refractivity contribution >= 4 is 5.97 Å². The van der Waals surface area contributed by atoms with Crippen LogP contribution < -0.4 is 4.74 Å². The Balaban J connectivity index is 1.40. The van der Waals surface area contributed by atoms with Crippen LogP contribution in [0.3, 0.4) is 0 Å². The summed E-state index contributed by atoms with van der Waals surface area (Å²) in [6.07, 6.45) is 17.7. The van der Waals surface area contributed by atoms with E-state index in [2.05, 4.69) is 44.2 Å². The topological polar surface area (TPSA) is 50.1 Å². The Morgan fingerprint density at radius 1 is 0.806 bits per heavy atom. The van der Waals surface area contributed by atoms with Gasteiger partial charge in [0, 0.05) is 0 Å². The Labute approximate surface area is 219 Å². The number of carbonyl (C=O) groups is 1. The van der Waals surface area contributed by atoms with Gasteiger partial charge in [0.25, 0.3) is 0 Å². The largest absolute Gasteiger partial charge is 0.425 e. The van der Waals surface area contributed by atoms with Gasteiger partial charge in [-0.25, -0.2) is 0 Å². The number of carbonyl (C=O) groups excluding carboxylic acids is 1. The molecule has 0 aromatic heterocycles. The molecule has 3 nitrogen and oxygen atoms in total. The van der Waals surface area contributed by atoms with E-state index in [9.17, 15) is 10.1 Å². The third-order valence-electron chi connectivity index (χ3n) is 7.74. The van der Waals surface area contributed by atoms with Crippen LogP contribution in [0, 0.1) is 17.2 Å². The molecule has 194 valence electrons. The lowest BCUT2D eigenvalue weighted by atomic mass is 9.78. The number of aryl methyl sites for hydroxylation is 2. The second-order valence-electron chi connectivity index (χ2n) is 10.6. The van der Waals surface area contributed by atoms with Crippen molar-refractivity contribution in [2.24, 2.45) is 5.92 Å². The number of nitrogens with zero attached hydrogens (tertiary/aromatic N) is 1. The van der Waals surface area contributed by atoms with Crippen LogP contribution in [0.15, 0.2) is 42.5 Å². The first-order chi connectivity index (χ1) is 17.6. The Kier molecular flexibility index (Phi) is 12.0. The van der Waals surface area contributed by atoms with Gasteiger partial charge in [0.15, 0.2) is 0 Å². The number of nitriles is 1. The number of hydrogen-bond donors (Lipinski definition) is 0. The number of unbranched alkanes of at least 4 members (excludes halogenated alkanes) is 7. The second-order valence-corrected chi connectivity index (χ2v) is 10.6. The van der Waals surface area contributed by atoms with Gasteiger partial charge in [0.05, 0.1) is 11.5 Å². The van der Waals surface area contributed by atoms with Gasteiger partial charge in [-0.3, -0.25) is 4.79 Å². The molecule has 0 bridgehead atoms. The molecule has 2 aromatic carbocycles. The maximum Gasteiger partial charge on any atom is 0.314 e. The highest BCUT2D eigenvalue weighted by Gasteiger charge is 2.29. The van der Waals surface area contributed by atoms with E-state index in [-0.39, 0.29) is 11.9 Å². The fourth-order valence-electron chi connectivity index (χ4n) is 5.47. The Morgan fingerprint density at radius 2 is 1.44 bits per heavy atom. The highest BCUT2D eigenvalue weighted by atomic mass is 16.5. The van der Waals surface area contributed by atoms with Crippen LogP contribution >= 0.6 is 0 Å². The third kappa shape index (κ3) is 8.81. The zero-order chi connectivity index (χ0) is 25.6. The minimum absolute atomic E-state index is 0.0793. The first-order valence-corrected chi connectivity index (χ1v) is 14.5. The van der Waals surface area contributed by atoms with E-state index in [1.54, 1.807) is 6.07 Å². The summed E-state index contributed by atoms with van der Waals surface area (Å²) in [7, 11) is 0. The minimum Gasteiger partial charge on any atom is -0.425 e. The lowest BCUT2D eigenvalue weighted by Crippen LogP contribution is -2.25. The van der Waals surface area contributed by atoms with Crippen LogP contribution in [0.25, 0.3) is 0 Å². The SMILES string of the molecule is CCCCCCCCCCc1ccc(C2CCC(C(=O)Oc3ccc(CCC)cc3C#N)CC2)cc1. The van der Waals surface area contributed by atoms with Crippen LogP contribution in [-0.2, 0) is 17.6 Å². The smallest absolute Gasteiger partial charge is 0.314 e. The van der Waals surface area contributed by atoms with Crippen molar-refractivity contribution in [1.29, 1.82) is 5.26 Å². The fraction of sp³-hybridized carbons (Fsp3) is 0.576.